The van der Waals surface area contributed by atoms with E-state index in [1.165, 1.54) is 6.92 Å². The first-order valence-corrected chi connectivity index (χ1v) is 31.5. The van der Waals surface area contributed by atoms with Crippen molar-refractivity contribution in [1.82, 2.24) is 58.5 Å². The van der Waals surface area contributed by atoms with E-state index in [0.29, 0.717) is 12.8 Å². The van der Waals surface area contributed by atoms with E-state index in [2.05, 4.69) is 58.5 Å². The minimum Gasteiger partial charge on any atom is -0.481 e. The standard InChI is InChI=1S/C57H101N13O19.C2HF3O2/c1-12-31(9)45(69-42(73)25-59)55(86)60-33(11)47(78)61-35(17-19-43(74)75)49(80)65-38(23-29(5)6)52(83)70-46(32(10)13-2)56(87)63-34(16-14-15-21-58)48(79)64-37(22-28(3)4)51(82)62-36(18-20-44(76)77)50(81)67-41(27-72)54(85)68-40(26-71)53(84)66-39(57(88)89)24-30(7)8;3-2(4,5)1(6)7/h28-41,45-46,71-72H,12-27,58-59H2,1-11H3,(H,60,86)(H,61,78)(H,62,82)(H,63,87)(H,64,79)(H,65,80)(H,66,84)(H,67,81)(H,68,85)(H,69,73)(H,70,83)(H,74,75)(H,76,77)(H,88,89);(H,6,7)/t31-,32-,33-,34-,35-,36-,37-,38-,39-,40-,41-,45-,46-;/m0./s1. The lowest BCUT2D eigenvalue weighted by Crippen LogP contribution is -2.62. The summed E-state index contributed by atoms with van der Waals surface area (Å²) in [4.78, 5) is 194. The summed E-state index contributed by atoms with van der Waals surface area (Å²) in [6, 6.07) is -16.4. The Morgan fingerprint density at radius 2 is 0.688 bits per heavy atom. The molecular formula is C59H102F3N13O21. The van der Waals surface area contributed by atoms with Gasteiger partial charge in [0.25, 0.3) is 0 Å². The Morgan fingerprint density at radius 1 is 0.385 bits per heavy atom. The molecule has 96 heavy (non-hydrogen) atoms. The van der Waals surface area contributed by atoms with E-state index in [0.717, 1.165) is 0 Å². The normalized spacial score (nSPS) is 15.3. The van der Waals surface area contributed by atoms with E-state index in [9.17, 15) is 106 Å². The number of hydrogen-bond acceptors (Lipinski definition) is 19. The predicted octanol–water partition coefficient (Wildman–Crippen LogP) is -2.91. The average molecular weight is 1390 g/mol. The van der Waals surface area contributed by atoms with Gasteiger partial charge in [-0.3, -0.25) is 62.3 Å². The number of rotatable bonds is 45. The van der Waals surface area contributed by atoms with E-state index >= 15 is 0 Å². The number of amides is 11. The van der Waals surface area contributed by atoms with Crippen molar-refractivity contribution < 1.29 is 116 Å². The second-order valence-corrected chi connectivity index (χ2v) is 24.3. The maximum Gasteiger partial charge on any atom is 0.490 e. The number of carbonyl (C=O) groups excluding carboxylic acids is 11. The fraction of sp³-hybridized carbons (Fsp3) is 0.746. The summed E-state index contributed by atoms with van der Waals surface area (Å²) < 4.78 is 31.7. The van der Waals surface area contributed by atoms with Gasteiger partial charge >= 0.3 is 30.1 Å². The molecule has 0 fully saturated rings. The minimum atomic E-state index is -5.08. The SMILES string of the molecule is CC[C@H](C)[C@H](NC(=O)CN)C(=O)N[C@@H](C)C(=O)N[C@@H](CCC(=O)O)C(=O)N[C@@H](CC(C)C)C(=O)N[C@H](C(=O)N[C@@H](CCCCN)C(=O)N[C@@H](CC(C)C)C(=O)N[C@@H](CCC(=O)O)C(=O)N[C@@H](CO)C(=O)N[C@@H](CO)C(=O)N[C@@H](CC(C)C)C(=O)O)[C@@H](C)CC.O=C(O)C(F)(F)F. The summed E-state index contributed by atoms with van der Waals surface area (Å²) in [7, 11) is 0. The van der Waals surface area contributed by atoms with Gasteiger partial charge in [0.2, 0.25) is 65.0 Å². The van der Waals surface area contributed by atoms with Crippen LogP contribution in [0.25, 0.3) is 0 Å². The number of carbonyl (C=O) groups is 15. The lowest BCUT2D eigenvalue weighted by Gasteiger charge is -2.30. The third-order valence-electron chi connectivity index (χ3n) is 14.6. The molecule has 37 heteroatoms. The van der Waals surface area contributed by atoms with Crippen molar-refractivity contribution in [1.29, 1.82) is 0 Å². The highest BCUT2D eigenvalue weighted by Gasteiger charge is 2.40. The van der Waals surface area contributed by atoms with Crippen molar-refractivity contribution in [3.05, 3.63) is 0 Å². The molecule has 11 amide bonds. The molecule has 0 radical (unpaired) electrons. The van der Waals surface area contributed by atoms with Crippen molar-refractivity contribution in [2.75, 3.05) is 26.3 Å². The van der Waals surface area contributed by atoms with E-state index in [1.54, 1.807) is 69.2 Å². The fourth-order valence-corrected chi connectivity index (χ4v) is 8.77. The number of nitrogens with one attached hydrogen (secondary N) is 11. The molecule has 0 aliphatic heterocycles. The third kappa shape index (κ3) is 36.0. The molecule has 0 aliphatic carbocycles. The molecule has 34 nitrogen and oxygen atoms in total. The summed E-state index contributed by atoms with van der Waals surface area (Å²) in [5.74, 6) is -19.1. The predicted molar refractivity (Wildman–Crippen MR) is 335 cm³/mol. The van der Waals surface area contributed by atoms with Gasteiger partial charge in [-0.1, -0.05) is 82.1 Å². The Hall–Kier alpha value is -8.32. The van der Waals surface area contributed by atoms with Gasteiger partial charge in [-0.15, -0.1) is 0 Å². The summed E-state index contributed by atoms with van der Waals surface area (Å²) in [6.07, 6.45) is -6.28. The zero-order valence-corrected chi connectivity index (χ0v) is 56.1. The van der Waals surface area contributed by atoms with Crippen LogP contribution < -0.4 is 70.0 Å². The van der Waals surface area contributed by atoms with Crippen LogP contribution >= 0.6 is 0 Å². The molecule has 0 saturated carbocycles. The highest BCUT2D eigenvalue weighted by atomic mass is 19.4. The van der Waals surface area contributed by atoms with Crippen LogP contribution in [0.2, 0.25) is 0 Å². The van der Waals surface area contributed by atoms with Crippen molar-refractivity contribution in [3.63, 3.8) is 0 Å². The molecule has 0 aromatic rings. The number of nitrogens with two attached hydrogens (primary N) is 2. The van der Waals surface area contributed by atoms with E-state index in [4.69, 9.17) is 21.4 Å². The van der Waals surface area contributed by atoms with Crippen molar-refractivity contribution in [3.8, 4) is 0 Å². The second kappa shape index (κ2) is 45.9. The Morgan fingerprint density at radius 3 is 1.03 bits per heavy atom. The monoisotopic (exact) mass is 1390 g/mol. The van der Waals surface area contributed by atoms with Gasteiger partial charge in [0.1, 0.15) is 66.5 Å². The quantitative estimate of drug-likeness (QED) is 0.0272. The smallest absolute Gasteiger partial charge is 0.481 e. The number of hydrogen-bond donors (Lipinski definition) is 19. The van der Waals surface area contributed by atoms with Crippen LogP contribution in [0.4, 0.5) is 13.2 Å². The molecule has 21 N–H and O–H groups in total. The lowest BCUT2D eigenvalue weighted by atomic mass is 9.95. The second-order valence-electron chi connectivity index (χ2n) is 24.3. The Labute approximate surface area is 554 Å². The van der Waals surface area contributed by atoms with Crippen LogP contribution in [0.1, 0.15) is 153 Å². The first-order valence-electron chi connectivity index (χ1n) is 31.5. The molecule has 0 spiro atoms. The first kappa shape index (κ1) is 89.7. The van der Waals surface area contributed by atoms with Crippen molar-refractivity contribution in [2.24, 2.45) is 41.1 Å². The highest BCUT2D eigenvalue weighted by Crippen LogP contribution is 2.16. The maximum atomic E-state index is 14.4. The summed E-state index contributed by atoms with van der Waals surface area (Å²) in [5.41, 5.74) is 11.2. The molecule has 0 heterocycles. The third-order valence-corrected chi connectivity index (χ3v) is 14.6. The molecule has 0 saturated heterocycles. The Kier molecular flexibility index (Phi) is 43.0. The molecule has 550 valence electrons. The average Bonchev–Trinajstić information content (AvgIpc) is 0.951. The molecule has 0 rings (SSSR count). The van der Waals surface area contributed by atoms with Crippen LogP contribution in [-0.4, -0.2) is 218 Å². The van der Waals surface area contributed by atoms with Gasteiger partial charge in [0, 0.05) is 12.8 Å². The largest absolute Gasteiger partial charge is 0.490 e. The van der Waals surface area contributed by atoms with Crippen molar-refractivity contribution in [2.45, 2.75) is 226 Å². The van der Waals surface area contributed by atoms with Crippen LogP contribution in [-0.2, 0) is 71.9 Å². The zero-order valence-electron chi connectivity index (χ0n) is 56.1. The Bertz CT molecular complexity index is 2600. The topological polar surface area (TPSA) is 562 Å². The number of aliphatic hydroxyl groups excluding tert-OH is 2. The molecular weight excluding hydrogens is 1280 g/mol. The van der Waals surface area contributed by atoms with Crippen LogP contribution in [0.3, 0.4) is 0 Å². The maximum absolute atomic E-state index is 14.4. The number of aliphatic carboxylic acids is 4. The number of carboxylic acids is 4. The molecule has 0 aromatic carbocycles. The number of carboxylic acid groups (broad SMARTS) is 4. The Balaban J connectivity index is 0. The summed E-state index contributed by atoms with van der Waals surface area (Å²) in [6.45, 7) is 16.0. The lowest BCUT2D eigenvalue weighted by molar-refractivity contribution is -0.192. The molecule has 13 atom stereocenters. The minimum absolute atomic E-state index is 0.00429. The zero-order chi connectivity index (χ0) is 74.5. The van der Waals surface area contributed by atoms with Gasteiger partial charge in [0.15, 0.2) is 0 Å². The van der Waals surface area contributed by atoms with Gasteiger partial charge in [-0.25, -0.2) is 9.59 Å². The van der Waals surface area contributed by atoms with Crippen LogP contribution in [0, 0.1) is 29.6 Å². The first-order chi connectivity index (χ1) is 44.5. The van der Waals surface area contributed by atoms with E-state index < -0.39 is 213 Å². The number of unbranched alkanes of at least 4 members (excludes halogenated alkanes) is 1. The van der Waals surface area contributed by atoms with E-state index in [-0.39, 0.29) is 68.7 Å². The van der Waals surface area contributed by atoms with Crippen LogP contribution in [0.5, 0.6) is 0 Å². The van der Waals surface area contributed by atoms with Crippen LogP contribution in [0.15, 0.2) is 0 Å². The van der Waals surface area contributed by atoms with Gasteiger partial charge in [-0.05, 0) is 94.4 Å². The molecule has 0 bridgehead atoms. The van der Waals surface area contributed by atoms with Gasteiger partial charge in [0.05, 0.1) is 19.8 Å². The number of aliphatic hydroxyl groups is 2. The van der Waals surface area contributed by atoms with E-state index in [1.807, 2.05) is 0 Å². The molecule has 0 unspecified atom stereocenters. The summed E-state index contributed by atoms with van der Waals surface area (Å²) in [5, 5.41) is 82.7. The fourth-order valence-electron chi connectivity index (χ4n) is 8.77. The number of halogens is 3. The summed E-state index contributed by atoms with van der Waals surface area (Å²) >= 11 is 0. The molecule has 0 aliphatic rings. The van der Waals surface area contributed by atoms with Crippen molar-refractivity contribution >= 4 is 88.9 Å². The molecule has 0 aromatic heterocycles. The van der Waals surface area contributed by atoms with Gasteiger partial charge < -0.3 is 101 Å². The van der Waals surface area contributed by atoms with Gasteiger partial charge in [-0.2, -0.15) is 13.2 Å². The number of alkyl halides is 3. The highest BCUT2D eigenvalue weighted by molar-refractivity contribution is 5.99.